The monoisotopic (exact) mass is 278 g/mol. The molecule has 1 aromatic carbocycles. The Hall–Kier alpha value is -1.97. The zero-order valence-corrected chi connectivity index (χ0v) is 10.9. The highest BCUT2D eigenvalue weighted by Crippen LogP contribution is 2.13. The van der Waals surface area contributed by atoms with E-state index in [-0.39, 0.29) is 11.6 Å². The summed E-state index contributed by atoms with van der Waals surface area (Å²) in [6.07, 6.45) is 0. The highest BCUT2D eigenvalue weighted by atomic mass is 35.5. The first-order valence-corrected chi connectivity index (χ1v) is 6.07. The Bertz CT molecular complexity index is 693. The van der Waals surface area contributed by atoms with E-state index >= 15 is 0 Å². The van der Waals surface area contributed by atoms with Gasteiger partial charge in [0.1, 0.15) is 6.07 Å². The molecule has 2 aromatic rings. The maximum absolute atomic E-state index is 10.9. The number of nitrogens with zero attached hydrogens (tertiary/aromatic N) is 4. The lowest BCUT2D eigenvalue weighted by Crippen LogP contribution is -2.02. The topological polar surface area (TPSA) is 71.0 Å². The van der Waals surface area contributed by atoms with Crippen LogP contribution in [0.5, 0.6) is 0 Å². The van der Waals surface area contributed by atoms with Gasteiger partial charge in [-0.05, 0) is 35.8 Å². The second kappa shape index (κ2) is 5.12. The SMILES string of the molecule is CC(=O)N=c1sn(-c2ccc(Cl)cc2)nc1C#N. The van der Waals surface area contributed by atoms with E-state index < -0.39 is 0 Å². The van der Waals surface area contributed by atoms with Crippen molar-refractivity contribution in [2.24, 2.45) is 4.99 Å². The Morgan fingerprint density at radius 1 is 1.50 bits per heavy atom. The van der Waals surface area contributed by atoms with Crippen LogP contribution in [0.4, 0.5) is 0 Å². The van der Waals surface area contributed by atoms with Gasteiger partial charge in [0.15, 0.2) is 10.4 Å². The minimum absolute atomic E-state index is 0.130. The molecule has 0 aliphatic rings. The lowest BCUT2D eigenvalue weighted by molar-refractivity contribution is -0.116. The summed E-state index contributed by atoms with van der Waals surface area (Å²) >= 11 is 6.91. The molecule has 1 amide bonds. The Kier molecular flexibility index (Phi) is 3.55. The molecular weight excluding hydrogens is 272 g/mol. The lowest BCUT2D eigenvalue weighted by Gasteiger charge is -1.97. The largest absolute Gasteiger partial charge is 0.273 e. The first-order chi connectivity index (χ1) is 8.60. The summed E-state index contributed by atoms with van der Waals surface area (Å²) in [4.78, 5) is 14.7. The average molecular weight is 279 g/mol. The average Bonchev–Trinajstić information content (AvgIpc) is 2.72. The summed E-state index contributed by atoms with van der Waals surface area (Å²) in [6.45, 7) is 1.33. The Morgan fingerprint density at radius 2 is 2.17 bits per heavy atom. The van der Waals surface area contributed by atoms with Crippen molar-refractivity contribution >= 4 is 29.0 Å². The third-order valence-electron chi connectivity index (χ3n) is 1.98. The van der Waals surface area contributed by atoms with Gasteiger partial charge in [0, 0.05) is 11.9 Å². The second-order valence-electron chi connectivity index (χ2n) is 3.34. The number of hydrogen-bond donors (Lipinski definition) is 0. The number of amides is 1. The molecule has 0 bridgehead atoms. The van der Waals surface area contributed by atoms with E-state index in [4.69, 9.17) is 16.9 Å². The third kappa shape index (κ3) is 2.64. The van der Waals surface area contributed by atoms with Crippen LogP contribution in [0.2, 0.25) is 5.02 Å². The zero-order valence-electron chi connectivity index (χ0n) is 9.29. The normalized spacial score (nSPS) is 11.3. The molecule has 1 aromatic heterocycles. The predicted molar refractivity (Wildman–Crippen MR) is 67.4 cm³/mol. The van der Waals surface area contributed by atoms with E-state index in [0.717, 1.165) is 17.2 Å². The van der Waals surface area contributed by atoms with Crippen molar-refractivity contribution < 1.29 is 4.79 Å². The molecule has 2 rings (SSSR count). The van der Waals surface area contributed by atoms with Crippen LogP contribution in [0.1, 0.15) is 12.6 Å². The fourth-order valence-corrected chi connectivity index (χ4v) is 2.23. The molecule has 90 valence electrons. The molecule has 0 spiro atoms. The van der Waals surface area contributed by atoms with E-state index in [1.807, 2.05) is 6.07 Å². The van der Waals surface area contributed by atoms with Gasteiger partial charge in [-0.2, -0.15) is 14.3 Å². The summed E-state index contributed by atoms with van der Waals surface area (Å²) in [5, 5.41) is 13.6. The van der Waals surface area contributed by atoms with Gasteiger partial charge in [-0.3, -0.25) is 4.79 Å². The van der Waals surface area contributed by atoms with Gasteiger partial charge in [0.25, 0.3) is 0 Å². The van der Waals surface area contributed by atoms with Crippen LogP contribution in [0.3, 0.4) is 0 Å². The van der Waals surface area contributed by atoms with E-state index in [0.29, 0.717) is 9.69 Å². The number of benzene rings is 1. The maximum Gasteiger partial charge on any atom is 0.244 e. The molecular formula is C11H7ClN4OS. The summed E-state index contributed by atoms with van der Waals surface area (Å²) in [7, 11) is 0. The molecule has 1 heterocycles. The highest BCUT2D eigenvalue weighted by molar-refractivity contribution is 7.04. The van der Waals surface area contributed by atoms with Crippen molar-refractivity contribution in [2.75, 3.05) is 0 Å². The van der Waals surface area contributed by atoms with Crippen molar-refractivity contribution in [2.45, 2.75) is 6.92 Å². The molecule has 5 nitrogen and oxygen atoms in total. The van der Waals surface area contributed by atoms with E-state index in [1.165, 1.54) is 11.0 Å². The molecule has 18 heavy (non-hydrogen) atoms. The fraction of sp³-hybridized carbons (Fsp3) is 0.0909. The Balaban J connectivity index is 2.55. The van der Waals surface area contributed by atoms with Crippen molar-refractivity contribution in [3.8, 4) is 11.8 Å². The van der Waals surface area contributed by atoms with Gasteiger partial charge in [-0.15, -0.1) is 5.10 Å². The van der Waals surface area contributed by atoms with Gasteiger partial charge >= 0.3 is 0 Å². The van der Waals surface area contributed by atoms with Gasteiger partial charge in [0.05, 0.1) is 5.69 Å². The predicted octanol–water partition coefficient (Wildman–Crippen LogP) is 1.91. The zero-order chi connectivity index (χ0) is 13.1. The van der Waals surface area contributed by atoms with Crippen molar-refractivity contribution in [3.05, 3.63) is 39.7 Å². The number of aromatic nitrogens is 2. The molecule has 0 radical (unpaired) electrons. The van der Waals surface area contributed by atoms with E-state index in [9.17, 15) is 4.79 Å². The molecule has 0 N–H and O–H groups in total. The number of carbonyl (C=O) groups excluding carboxylic acids is 1. The van der Waals surface area contributed by atoms with Gasteiger partial charge < -0.3 is 0 Å². The number of nitriles is 1. The van der Waals surface area contributed by atoms with Gasteiger partial charge in [0.2, 0.25) is 5.91 Å². The molecule has 0 aliphatic carbocycles. The molecule has 0 fully saturated rings. The summed E-state index contributed by atoms with van der Waals surface area (Å²) in [5.74, 6) is -0.363. The smallest absolute Gasteiger partial charge is 0.244 e. The van der Waals surface area contributed by atoms with Crippen LogP contribution < -0.4 is 4.67 Å². The number of rotatable bonds is 1. The molecule has 7 heteroatoms. The maximum atomic E-state index is 10.9. The van der Waals surface area contributed by atoms with Gasteiger partial charge in [-0.1, -0.05) is 11.6 Å². The van der Waals surface area contributed by atoms with Crippen LogP contribution in [-0.4, -0.2) is 15.1 Å². The second-order valence-corrected chi connectivity index (χ2v) is 4.69. The third-order valence-corrected chi connectivity index (χ3v) is 3.15. The number of carbonyl (C=O) groups is 1. The minimum atomic E-state index is -0.363. The molecule has 0 saturated carbocycles. The van der Waals surface area contributed by atoms with Crippen LogP contribution in [0, 0.1) is 11.3 Å². The highest BCUT2D eigenvalue weighted by Gasteiger charge is 2.07. The van der Waals surface area contributed by atoms with Gasteiger partial charge in [-0.25, -0.2) is 0 Å². The van der Waals surface area contributed by atoms with Crippen LogP contribution in [-0.2, 0) is 4.79 Å². The standard InChI is InChI=1S/C11H7ClN4OS/c1-7(17)14-11-10(6-13)15-16(18-11)9-4-2-8(12)3-5-9/h2-5H,1H3. The van der Waals surface area contributed by atoms with Crippen LogP contribution >= 0.6 is 23.1 Å². The first-order valence-electron chi connectivity index (χ1n) is 4.92. The number of hydrogen-bond acceptors (Lipinski definition) is 4. The minimum Gasteiger partial charge on any atom is -0.273 e. The number of halogens is 1. The van der Waals surface area contributed by atoms with Crippen molar-refractivity contribution in [1.82, 2.24) is 9.17 Å². The molecule has 0 unspecified atom stereocenters. The molecule has 0 atom stereocenters. The Morgan fingerprint density at radius 3 is 2.72 bits per heavy atom. The first kappa shape index (κ1) is 12.5. The summed E-state index contributed by atoms with van der Waals surface area (Å²) in [6, 6.07) is 8.89. The van der Waals surface area contributed by atoms with Crippen LogP contribution in [0.15, 0.2) is 29.3 Å². The van der Waals surface area contributed by atoms with E-state index in [2.05, 4.69) is 10.1 Å². The molecule has 0 saturated heterocycles. The van der Waals surface area contributed by atoms with Crippen molar-refractivity contribution in [1.29, 1.82) is 5.26 Å². The summed E-state index contributed by atoms with van der Waals surface area (Å²) < 4.78 is 1.83. The Labute approximate surface area is 112 Å². The summed E-state index contributed by atoms with van der Waals surface area (Å²) in [5.41, 5.74) is 0.885. The van der Waals surface area contributed by atoms with Crippen LogP contribution in [0.25, 0.3) is 5.69 Å². The quantitative estimate of drug-likeness (QED) is 0.800. The fourth-order valence-electron chi connectivity index (χ4n) is 1.24. The van der Waals surface area contributed by atoms with Crippen molar-refractivity contribution in [3.63, 3.8) is 0 Å². The van der Waals surface area contributed by atoms with E-state index in [1.54, 1.807) is 24.3 Å². The molecule has 0 aliphatic heterocycles. The lowest BCUT2D eigenvalue weighted by atomic mass is 10.3.